The summed E-state index contributed by atoms with van der Waals surface area (Å²) >= 11 is 0. The number of hydrogen-bond donors (Lipinski definition) is 1. The van der Waals surface area contributed by atoms with Crippen LogP contribution >= 0.6 is 0 Å². The molecule has 0 radical (unpaired) electrons. The van der Waals surface area contributed by atoms with Crippen molar-refractivity contribution in [1.29, 1.82) is 0 Å². The quantitative estimate of drug-likeness (QED) is 0.840. The molecule has 16 heavy (non-hydrogen) atoms. The summed E-state index contributed by atoms with van der Waals surface area (Å²) in [6, 6.07) is 6.47. The largest absolute Gasteiger partial charge is 0.369 e. The highest BCUT2D eigenvalue weighted by Gasteiger charge is 2.07. The number of nitrogen functional groups attached to an aromatic ring is 1. The van der Waals surface area contributed by atoms with Gasteiger partial charge in [-0.15, -0.1) is 0 Å². The zero-order valence-corrected chi connectivity index (χ0v) is 9.48. The van der Waals surface area contributed by atoms with Gasteiger partial charge in [-0.2, -0.15) is 0 Å². The Labute approximate surface area is 93.5 Å². The van der Waals surface area contributed by atoms with Crippen molar-refractivity contribution < 1.29 is 8.42 Å². The number of hydrogen-bond acceptors (Lipinski definition) is 4. The molecule has 0 spiro atoms. The molecule has 5 nitrogen and oxygen atoms in total. The van der Waals surface area contributed by atoms with Gasteiger partial charge in [-0.1, -0.05) is 0 Å². The van der Waals surface area contributed by atoms with E-state index in [1.165, 1.54) is 6.26 Å². The lowest BCUT2D eigenvalue weighted by atomic mass is 10.3. The lowest BCUT2D eigenvalue weighted by molar-refractivity contribution is 0.602. The smallest absolute Gasteiger partial charge is 0.204 e. The first-order valence-corrected chi connectivity index (χ1v) is 6.47. The lowest BCUT2D eigenvalue weighted by Crippen LogP contribution is -2.01. The number of anilines is 1. The van der Waals surface area contributed by atoms with Gasteiger partial charge in [0.2, 0.25) is 5.95 Å². The summed E-state index contributed by atoms with van der Waals surface area (Å²) < 4.78 is 24.2. The van der Waals surface area contributed by atoms with Crippen molar-refractivity contribution >= 4 is 15.8 Å². The molecule has 2 rings (SSSR count). The summed E-state index contributed by atoms with van der Waals surface area (Å²) in [6.07, 6.45) is 4.47. The predicted molar refractivity (Wildman–Crippen MR) is 61.1 cm³/mol. The first-order valence-electron chi connectivity index (χ1n) is 4.58. The van der Waals surface area contributed by atoms with E-state index < -0.39 is 9.84 Å². The Morgan fingerprint density at radius 1 is 1.25 bits per heavy atom. The second-order valence-electron chi connectivity index (χ2n) is 3.42. The molecule has 0 aliphatic rings. The molecule has 0 bridgehead atoms. The van der Waals surface area contributed by atoms with E-state index in [0.717, 1.165) is 5.69 Å². The third-order valence-corrected chi connectivity index (χ3v) is 3.34. The molecule has 0 aliphatic carbocycles. The van der Waals surface area contributed by atoms with E-state index in [2.05, 4.69) is 4.98 Å². The number of imidazole rings is 1. The van der Waals surface area contributed by atoms with E-state index in [4.69, 9.17) is 5.73 Å². The highest BCUT2D eigenvalue weighted by molar-refractivity contribution is 7.90. The van der Waals surface area contributed by atoms with Gasteiger partial charge in [0.15, 0.2) is 9.84 Å². The summed E-state index contributed by atoms with van der Waals surface area (Å²) in [4.78, 5) is 4.17. The Morgan fingerprint density at radius 2 is 1.88 bits per heavy atom. The highest BCUT2D eigenvalue weighted by atomic mass is 32.2. The van der Waals surface area contributed by atoms with Crippen LogP contribution in [0.3, 0.4) is 0 Å². The fourth-order valence-corrected chi connectivity index (χ4v) is 2.02. The Bertz CT molecular complexity index is 599. The second kappa shape index (κ2) is 3.64. The number of nitrogens with two attached hydrogens (primary N) is 1. The minimum Gasteiger partial charge on any atom is -0.369 e. The number of aromatic nitrogens is 2. The summed E-state index contributed by atoms with van der Waals surface area (Å²) in [5.74, 6) is 0.368. The average molecular weight is 237 g/mol. The number of rotatable bonds is 2. The Hall–Kier alpha value is -1.82. The van der Waals surface area contributed by atoms with Gasteiger partial charge in [0.05, 0.1) is 4.90 Å². The molecular weight excluding hydrogens is 226 g/mol. The zero-order valence-electron chi connectivity index (χ0n) is 8.66. The van der Waals surface area contributed by atoms with Crippen molar-refractivity contribution in [3.8, 4) is 5.69 Å². The first kappa shape index (κ1) is 10.7. The van der Waals surface area contributed by atoms with E-state index in [9.17, 15) is 8.42 Å². The van der Waals surface area contributed by atoms with E-state index in [1.807, 2.05) is 0 Å². The van der Waals surface area contributed by atoms with Gasteiger partial charge < -0.3 is 5.73 Å². The van der Waals surface area contributed by atoms with Crippen LogP contribution in [0.1, 0.15) is 0 Å². The van der Waals surface area contributed by atoms with Gasteiger partial charge in [0.25, 0.3) is 0 Å². The molecule has 0 fully saturated rings. The maximum absolute atomic E-state index is 11.3. The van der Waals surface area contributed by atoms with Gasteiger partial charge in [-0.05, 0) is 24.3 Å². The number of benzene rings is 1. The van der Waals surface area contributed by atoms with Crippen LogP contribution < -0.4 is 5.73 Å². The van der Waals surface area contributed by atoms with Crippen LogP contribution in [0, 0.1) is 0 Å². The van der Waals surface area contributed by atoms with E-state index in [1.54, 1.807) is 41.2 Å². The molecular formula is C10H11N3O2S. The van der Waals surface area contributed by atoms with E-state index >= 15 is 0 Å². The molecule has 2 aromatic rings. The molecule has 0 saturated heterocycles. The third kappa shape index (κ3) is 1.92. The number of nitrogens with zero attached hydrogens (tertiary/aromatic N) is 2. The van der Waals surface area contributed by atoms with Gasteiger partial charge in [0, 0.05) is 24.3 Å². The Morgan fingerprint density at radius 3 is 2.31 bits per heavy atom. The van der Waals surface area contributed by atoms with E-state index in [0.29, 0.717) is 5.95 Å². The van der Waals surface area contributed by atoms with Gasteiger partial charge in [0.1, 0.15) is 0 Å². The molecule has 2 N–H and O–H groups in total. The second-order valence-corrected chi connectivity index (χ2v) is 5.44. The van der Waals surface area contributed by atoms with Crippen molar-refractivity contribution in [3.05, 3.63) is 36.7 Å². The predicted octanol–water partition coefficient (Wildman–Crippen LogP) is 0.858. The SMILES string of the molecule is CS(=O)(=O)c1ccc(-n2ccnc2N)cc1. The van der Waals surface area contributed by atoms with Gasteiger partial charge in [-0.3, -0.25) is 4.57 Å². The van der Waals surface area contributed by atoms with Crippen molar-refractivity contribution in [3.63, 3.8) is 0 Å². The molecule has 1 heterocycles. The molecule has 0 unspecified atom stereocenters. The molecule has 0 aliphatic heterocycles. The molecule has 1 aromatic carbocycles. The van der Waals surface area contributed by atoms with Crippen molar-refractivity contribution in [1.82, 2.24) is 9.55 Å². The molecule has 0 saturated carbocycles. The summed E-state index contributed by atoms with van der Waals surface area (Å²) in [7, 11) is -3.15. The minimum atomic E-state index is -3.15. The van der Waals surface area contributed by atoms with Crippen molar-refractivity contribution in [2.45, 2.75) is 4.90 Å². The molecule has 84 valence electrons. The molecule has 6 heteroatoms. The average Bonchev–Trinajstić information content (AvgIpc) is 2.63. The fourth-order valence-electron chi connectivity index (χ4n) is 1.39. The van der Waals surface area contributed by atoms with Gasteiger partial charge >= 0.3 is 0 Å². The van der Waals surface area contributed by atoms with Crippen LogP contribution in [0.25, 0.3) is 5.69 Å². The Kier molecular flexibility index (Phi) is 2.43. The van der Waals surface area contributed by atoms with E-state index in [-0.39, 0.29) is 4.90 Å². The zero-order chi connectivity index (χ0) is 11.8. The normalized spacial score (nSPS) is 11.6. The monoisotopic (exact) mass is 237 g/mol. The molecule has 0 atom stereocenters. The maximum Gasteiger partial charge on any atom is 0.204 e. The maximum atomic E-state index is 11.3. The highest BCUT2D eigenvalue weighted by Crippen LogP contribution is 2.15. The topological polar surface area (TPSA) is 78.0 Å². The van der Waals surface area contributed by atoms with Crippen LogP contribution in [0.15, 0.2) is 41.6 Å². The van der Waals surface area contributed by atoms with Crippen molar-refractivity contribution in [2.75, 3.05) is 12.0 Å². The summed E-state index contributed by atoms with van der Waals surface area (Å²) in [6.45, 7) is 0. The van der Waals surface area contributed by atoms with Crippen LogP contribution in [-0.2, 0) is 9.84 Å². The van der Waals surface area contributed by atoms with Crippen LogP contribution in [0.4, 0.5) is 5.95 Å². The summed E-state index contributed by atoms with van der Waals surface area (Å²) in [5, 5.41) is 0. The molecule has 0 amide bonds. The molecule has 1 aromatic heterocycles. The van der Waals surface area contributed by atoms with Crippen LogP contribution in [0.2, 0.25) is 0 Å². The van der Waals surface area contributed by atoms with Gasteiger partial charge in [-0.25, -0.2) is 13.4 Å². The number of sulfone groups is 1. The van der Waals surface area contributed by atoms with Crippen LogP contribution in [-0.4, -0.2) is 24.2 Å². The standard InChI is InChI=1S/C10H11N3O2S/c1-16(14,15)9-4-2-8(3-5-9)13-7-6-12-10(13)11/h2-7H,1H3,(H2,11,12). The minimum absolute atomic E-state index is 0.287. The summed E-state index contributed by atoms with van der Waals surface area (Å²) in [5.41, 5.74) is 6.41. The third-order valence-electron chi connectivity index (χ3n) is 2.21. The Balaban J connectivity index is 2.45. The van der Waals surface area contributed by atoms with Crippen molar-refractivity contribution in [2.24, 2.45) is 0 Å². The van der Waals surface area contributed by atoms with Crippen LogP contribution in [0.5, 0.6) is 0 Å². The lowest BCUT2D eigenvalue weighted by Gasteiger charge is -2.05. The first-order chi connectivity index (χ1) is 7.48. The fraction of sp³-hybridized carbons (Fsp3) is 0.100.